The van der Waals surface area contributed by atoms with Crippen molar-refractivity contribution in [2.24, 2.45) is 4.99 Å². The van der Waals surface area contributed by atoms with E-state index in [0.29, 0.717) is 19.0 Å². The normalized spacial score (nSPS) is 22.2. The predicted octanol–water partition coefficient (Wildman–Crippen LogP) is 2.02. The van der Waals surface area contributed by atoms with Gasteiger partial charge in [0.05, 0.1) is 18.7 Å². The highest BCUT2D eigenvalue weighted by atomic mass is 32.2. The van der Waals surface area contributed by atoms with Gasteiger partial charge >= 0.3 is 0 Å². The SMILES string of the molecule is CCNC(=NCC1(O)CCSC1)NCC(C)Oc1ccccc1F. The molecule has 1 heterocycles. The minimum atomic E-state index is -0.706. The highest BCUT2D eigenvalue weighted by Crippen LogP contribution is 2.27. The van der Waals surface area contributed by atoms with Crippen LogP contribution in [-0.4, -0.2) is 53.9 Å². The summed E-state index contributed by atoms with van der Waals surface area (Å²) in [6.45, 7) is 5.42. The van der Waals surface area contributed by atoms with Crippen molar-refractivity contribution in [3.8, 4) is 5.75 Å². The van der Waals surface area contributed by atoms with Gasteiger partial charge in [0.2, 0.25) is 0 Å². The first-order chi connectivity index (χ1) is 11.5. The Morgan fingerprint density at radius 1 is 1.46 bits per heavy atom. The maximum atomic E-state index is 13.6. The lowest BCUT2D eigenvalue weighted by molar-refractivity contribution is 0.0778. The molecule has 1 saturated heterocycles. The van der Waals surface area contributed by atoms with Gasteiger partial charge in [0.1, 0.15) is 6.10 Å². The first-order valence-corrected chi connectivity index (χ1v) is 9.41. The summed E-state index contributed by atoms with van der Waals surface area (Å²) in [5, 5.41) is 16.7. The van der Waals surface area contributed by atoms with Gasteiger partial charge in [-0.1, -0.05) is 12.1 Å². The number of halogens is 1. The van der Waals surface area contributed by atoms with Crippen molar-refractivity contribution < 1.29 is 14.2 Å². The van der Waals surface area contributed by atoms with Gasteiger partial charge < -0.3 is 20.5 Å². The molecule has 0 spiro atoms. The van der Waals surface area contributed by atoms with E-state index in [9.17, 15) is 9.50 Å². The molecule has 134 valence electrons. The van der Waals surface area contributed by atoms with Crippen LogP contribution in [0, 0.1) is 5.82 Å². The fourth-order valence-electron chi connectivity index (χ4n) is 2.33. The minimum absolute atomic E-state index is 0.226. The van der Waals surface area contributed by atoms with Crippen molar-refractivity contribution in [3.63, 3.8) is 0 Å². The zero-order valence-electron chi connectivity index (χ0n) is 14.2. The molecular weight excluding hydrogens is 329 g/mol. The smallest absolute Gasteiger partial charge is 0.191 e. The first kappa shape index (κ1) is 18.9. The standard InChI is InChI=1S/C17H26FN3O2S/c1-3-19-16(21-11-17(22)8-9-24-12-17)20-10-13(2)23-15-7-5-4-6-14(15)18/h4-7,13,22H,3,8-12H2,1-2H3,(H2,19,20,21). The molecule has 0 radical (unpaired) electrons. The van der Waals surface area contributed by atoms with Crippen LogP contribution in [0.15, 0.2) is 29.3 Å². The minimum Gasteiger partial charge on any atom is -0.486 e. The van der Waals surface area contributed by atoms with Gasteiger partial charge in [-0.05, 0) is 38.2 Å². The Kier molecular flexibility index (Phi) is 7.17. The van der Waals surface area contributed by atoms with E-state index >= 15 is 0 Å². The van der Waals surface area contributed by atoms with Crippen LogP contribution in [0.5, 0.6) is 5.75 Å². The highest BCUT2D eigenvalue weighted by Gasteiger charge is 2.31. The van der Waals surface area contributed by atoms with Crippen LogP contribution < -0.4 is 15.4 Å². The van der Waals surface area contributed by atoms with E-state index in [1.165, 1.54) is 6.07 Å². The van der Waals surface area contributed by atoms with E-state index in [1.54, 1.807) is 30.0 Å². The van der Waals surface area contributed by atoms with E-state index in [2.05, 4.69) is 15.6 Å². The van der Waals surface area contributed by atoms with Crippen molar-refractivity contribution in [2.75, 3.05) is 31.1 Å². The summed E-state index contributed by atoms with van der Waals surface area (Å²) in [5.74, 6) is 2.20. The van der Waals surface area contributed by atoms with Crippen LogP contribution in [0.1, 0.15) is 20.3 Å². The molecule has 0 amide bonds. The fourth-order valence-corrected chi connectivity index (χ4v) is 3.61. The average Bonchev–Trinajstić information content (AvgIpc) is 2.99. The zero-order valence-corrected chi connectivity index (χ0v) is 15.0. The number of hydrogen-bond donors (Lipinski definition) is 3. The molecule has 0 saturated carbocycles. The van der Waals surface area contributed by atoms with E-state index < -0.39 is 5.60 Å². The molecule has 1 aromatic rings. The maximum absolute atomic E-state index is 13.6. The lowest BCUT2D eigenvalue weighted by Crippen LogP contribution is -2.43. The number of nitrogens with zero attached hydrogens (tertiary/aromatic N) is 1. The van der Waals surface area contributed by atoms with Gasteiger partial charge in [-0.2, -0.15) is 11.8 Å². The number of para-hydroxylation sites is 1. The predicted molar refractivity (Wildman–Crippen MR) is 97.4 cm³/mol. The topological polar surface area (TPSA) is 65.9 Å². The Balaban J connectivity index is 1.85. The van der Waals surface area contributed by atoms with Crippen LogP contribution in [0.4, 0.5) is 4.39 Å². The molecule has 0 aromatic heterocycles. The summed E-state index contributed by atoms with van der Waals surface area (Å²) in [4.78, 5) is 4.47. The van der Waals surface area contributed by atoms with Crippen molar-refractivity contribution >= 4 is 17.7 Å². The lowest BCUT2D eigenvalue weighted by Gasteiger charge is -2.21. The molecule has 5 nitrogen and oxygen atoms in total. The van der Waals surface area contributed by atoms with E-state index in [1.807, 2.05) is 13.8 Å². The number of aliphatic imine (C=N–C) groups is 1. The number of guanidine groups is 1. The second-order valence-electron chi connectivity index (χ2n) is 5.96. The van der Waals surface area contributed by atoms with Crippen molar-refractivity contribution in [1.82, 2.24) is 10.6 Å². The summed E-state index contributed by atoms with van der Waals surface area (Å²) in [7, 11) is 0. The molecule has 2 atom stereocenters. The van der Waals surface area contributed by atoms with E-state index in [0.717, 1.165) is 24.5 Å². The van der Waals surface area contributed by atoms with Crippen LogP contribution in [0.2, 0.25) is 0 Å². The number of aliphatic hydroxyl groups is 1. The molecule has 2 unspecified atom stereocenters. The zero-order chi connectivity index (χ0) is 17.4. The van der Waals surface area contributed by atoms with Crippen LogP contribution in [0.3, 0.4) is 0 Å². The molecule has 24 heavy (non-hydrogen) atoms. The number of nitrogens with one attached hydrogen (secondary N) is 2. The van der Waals surface area contributed by atoms with Crippen LogP contribution >= 0.6 is 11.8 Å². The van der Waals surface area contributed by atoms with Gasteiger partial charge in [-0.25, -0.2) is 4.39 Å². The molecule has 1 fully saturated rings. The van der Waals surface area contributed by atoms with Crippen molar-refractivity contribution in [1.29, 1.82) is 0 Å². The molecule has 7 heteroatoms. The molecule has 1 aromatic carbocycles. The average molecular weight is 355 g/mol. The second-order valence-corrected chi connectivity index (χ2v) is 7.07. The molecule has 3 N–H and O–H groups in total. The summed E-state index contributed by atoms with van der Waals surface area (Å²) >= 11 is 1.75. The monoisotopic (exact) mass is 355 g/mol. The van der Waals surface area contributed by atoms with Gasteiger partial charge in [-0.15, -0.1) is 0 Å². The summed E-state index contributed by atoms with van der Waals surface area (Å²) in [6.07, 6.45) is 0.545. The lowest BCUT2D eigenvalue weighted by atomic mass is 10.1. The molecule has 1 aliphatic heterocycles. The number of ether oxygens (including phenoxy) is 1. The largest absolute Gasteiger partial charge is 0.486 e. The number of thioether (sulfide) groups is 1. The Bertz CT molecular complexity index is 550. The quantitative estimate of drug-likeness (QED) is 0.516. The summed E-state index contributed by atoms with van der Waals surface area (Å²) < 4.78 is 19.2. The third kappa shape index (κ3) is 5.87. The Morgan fingerprint density at radius 3 is 2.92 bits per heavy atom. The van der Waals surface area contributed by atoms with Gasteiger partial charge in [0, 0.05) is 12.3 Å². The van der Waals surface area contributed by atoms with E-state index in [-0.39, 0.29) is 17.7 Å². The van der Waals surface area contributed by atoms with Crippen LogP contribution in [-0.2, 0) is 0 Å². The first-order valence-electron chi connectivity index (χ1n) is 8.26. The number of rotatable bonds is 7. The van der Waals surface area contributed by atoms with Gasteiger partial charge in [0.25, 0.3) is 0 Å². The van der Waals surface area contributed by atoms with Crippen molar-refractivity contribution in [3.05, 3.63) is 30.1 Å². The summed E-state index contributed by atoms with van der Waals surface area (Å²) in [6, 6.07) is 6.36. The van der Waals surface area contributed by atoms with E-state index in [4.69, 9.17) is 4.74 Å². The number of hydrogen-bond acceptors (Lipinski definition) is 4. The van der Waals surface area contributed by atoms with Crippen molar-refractivity contribution in [2.45, 2.75) is 32.0 Å². The maximum Gasteiger partial charge on any atom is 0.191 e. The fraction of sp³-hybridized carbons (Fsp3) is 0.588. The Labute approximate surface area is 147 Å². The van der Waals surface area contributed by atoms with Gasteiger partial charge in [-0.3, -0.25) is 4.99 Å². The number of benzene rings is 1. The Hall–Kier alpha value is -1.47. The Morgan fingerprint density at radius 2 is 2.25 bits per heavy atom. The summed E-state index contributed by atoms with van der Waals surface area (Å²) in [5.41, 5.74) is -0.706. The van der Waals surface area contributed by atoms with Gasteiger partial charge in [0.15, 0.2) is 17.5 Å². The van der Waals surface area contributed by atoms with Crippen LogP contribution in [0.25, 0.3) is 0 Å². The molecule has 0 bridgehead atoms. The molecule has 0 aliphatic carbocycles. The molecular formula is C17H26FN3O2S. The highest BCUT2D eigenvalue weighted by molar-refractivity contribution is 7.99. The molecule has 1 aliphatic rings. The molecule has 2 rings (SSSR count). The third-order valence-corrected chi connectivity index (χ3v) is 4.91. The third-order valence-electron chi connectivity index (χ3n) is 3.68. The second kappa shape index (κ2) is 9.13.